The lowest BCUT2D eigenvalue weighted by Crippen LogP contribution is -2.32. The molecule has 1 aromatic rings. The van der Waals surface area contributed by atoms with Gasteiger partial charge in [-0.05, 0) is 18.6 Å². The predicted octanol–water partition coefficient (Wildman–Crippen LogP) is 1.62. The first-order valence-electron chi connectivity index (χ1n) is 6.03. The Morgan fingerprint density at radius 1 is 1.28 bits per heavy atom. The molecule has 0 aliphatic rings. The van der Waals surface area contributed by atoms with Gasteiger partial charge < -0.3 is 5.32 Å². The Morgan fingerprint density at radius 3 is 2.44 bits per heavy atom. The second kappa shape index (κ2) is 6.54. The number of carbonyl (C=O) groups is 1. The summed E-state index contributed by atoms with van der Waals surface area (Å²) < 4.78 is 23.8. The normalized spacial score (nSPS) is 13.0. The zero-order valence-electron chi connectivity index (χ0n) is 10.7. The van der Waals surface area contributed by atoms with Gasteiger partial charge >= 0.3 is 0 Å². The van der Waals surface area contributed by atoms with Gasteiger partial charge in [0.1, 0.15) is 0 Å². The average molecular weight is 269 g/mol. The zero-order valence-corrected chi connectivity index (χ0v) is 11.5. The fraction of sp³-hybridized carbons (Fsp3) is 0.462. The van der Waals surface area contributed by atoms with Crippen LogP contribution in [0.4, 0.5) is 0 Å². The maximum atomic E-state index is 11.9. The van der Waals surface area contributed by atoms with Crippen molar-refractivity contribution < 1.29 is 13.2 Å². The summed E-state index contributed by atoms with van der Waals surface area (Å²) in [4.78, 5) is 11.8. The van der Waals surface area contributed by atoms with Gasteiger partial charge in [0.25, 0.3) is 0 Å². The molecule has 0 fully saturated rings. The van der Waals surface area contributed by atoms with E-state index >= 15 is 0 Å². The monoisotopic (exact) mass is 269 g/mol. The van der Waals surface area contributed by atoms with Crippen molar-refractivity contribution in [3.05, 3.63) is 30.3 Å². The van der Waals surface area contributed by atoms with Gasteiger partial charge in [0.05, 0.1) is 10.6 Å². The SMILES string of the molecule is CC[C@H](C)C(=O)NCCS(=O)(=O)c1ccccc1. The van der Waals surface area contributed by atoms with Gasteiger partial charge in [-0.15, -0.1) is 0 Å². The minimum atomic E-state index is -3.30. The van der Waals surface area contributed by atoms with E-state index in [2.05, 4.69) is 5.32 Å². The second-order valence-corrected chi connectivity index (χ2v) is 6.34. The molecular weight excluding hydrogens is 250 g/mol. The second-order valence-electron chi connectivity index (χ2n) is 4.23. The van der Waals surface area contributed by atoms with E-state index < -0.39 is 9.84 Å². The molecule has 0 heterocycles. The van der Waals surface area contributed by atoms with E-state index in [1.165, 1.54) is 0 Å². The van der Waals surface area contributed by atoms with Crippen molar-refractivity contribution in [2.75, 3.05) is 12.3 Å². The summed E-state index contributed by atoms with van der Waals surface area (Å²) in [7, 11) is -3.30. The van der Waals surface area contributed by atoms with Crippen molar-refractivity contribution in [3.63, 3.8) is 0 Å². The highest BCUT2D eigenvalue weighted by atomic mass is 32.2. The van der Waals surface area contributed by atoms with Gasteiger partial charge in [-0.3, -0.25) is 4.79 Å². The number of rotatable bonds is 6. The van der Waals surface area contributed by atoms with Crippen molar-refractivity contribution in [1.29, 1.82) is 0 Å². The highest BCUT2D eigenvalue weighted by Gasteiger charge is 2.15. The van der Waals surface area contributed by atoms with Crippen LogP contribution in [-0.4, -0.2) is 26.6 Å². The summed E-state index contributed by atoms with van der Waals surface area (Å²) >= 11 is 0. The van der Waals surface area contributed by atoms with Crippen LogP contribution in [0.15, 0.2) is 35.2 Å². The molecule has 0 radical (unpaired) electrons. The minimum absolute atomic E-state index is 0.0703. The molecule has 1 aromatic carbocycles. The summed E-state index contributed by atoms with van der Waals surface area (Å²) in [6, 6.07) is 8.26. The van der Waals surface area contributed by atoms with Crippen LogP contribution in [0.5, 0.6) is 0 Å². The summed E-state index contributed by atoms with van der Waals surface area (Å²) in [5.41, 5.74) is 0. The van der Waals surface area contributed by atoms with Gasteiger partial charge in [0.15, 0.2) is 9.84 Å². The highest BCUT2D eigenvalue weighted by Crippen LogP contribution is 2.09. The van der Waals surface area contributed by atoms with Gasteiger partial charge in [0, 0.05) is 12.5 Å². The molecule has 0 saturated heterocycles. The van der Waals surface area contributed by atoms with Crippen molar-refractivity contribution >= 4 is 15.7 Å². The van der Waals surface area contributed by atoms with E-state index in [1.807, 2.05) is 13.8 Å². The van der Waals surface area contributed by atoms with Crippen LogP contribution in [-0.2, 0) is 14.6 Å². The third kappa shape index (κ3) is 4.14. The topological polar surface area (TPSA) is 63.2 Å². The van der Waals surface area contributed by atoms with E-state index in [0.717, 1.165) is 6.42 Å². The van der Waals surface area contributed by atoms with E-state index in [-0.39, 0.29) is 24.1 Å². The number of hydrogen-bond donors (Lipinski definition) is 1. The Bertz CT molecular complexity index is 482. The van der Waals surface area contributed by atoms with Crippen LogP contribution in [0.1, 0.15) is 20.3 Å². The average Bonchev–Trinajstić information content (AvgIpc) is 2.38. The van der Waals surface area contributed by atoms with E-state index in [0.29, 0.717) is 4.90 Å². The maximum Gasteiger partial charge on any atom is 0.222 e. The molecule has 1 amide bonds. The molecule has 0 aromatic heterocycles. The Hall–Kier alpha value is -1.36. The number of amides is 1. The zero-order chi connectivity index (χ0) is 13.6. The fourth-order valence-corrected chi connectivity index (χ4v) is 2.59. The van der Waals surface area contributed by atoms with Crippen molar-refractivity contribution in [2.24, 2.45) is 5.92 Å². The lowest BCUT2D eigenvalue weighted by atomic mass is 10.1. The standard InChI is InChI=1S/C13H19NO3S/c1-3-11(2)13(15)14-9-10-18(16,17)12-7-5-4-6-8-12/h4-8,11H,3,9-10H2,1-2H3,(H,14,15)/t11-/m0/s1. The number of nitrogens with one attached hydrogen (secondary N) is 1. The van der Waals surface area contributed by atoms with Crippen LogP contribution in [0, 0.1) is 5.92 Å². The number of sulfone groups is 1. The lowest BCUT2D eigenvalue weighted by molar-refractivity contribution is -0.124. The molecule has 0 bridgehead atoms. The van der Waals surface area contributed by atoms with Crippen LogP contribution in [0.25, 0.3) is 0 Å². The highest BCUT2D eigenvalue weighted by molar-refractivity contribution is 7.91. The molecule has 1 N–H and O–H groups in total. The van der Waals surface area contributed by atoms with Gasteiger partial charge in [-0.1, -0.05) is 32.0 Å². The summed E-state index contributed by atoms with van der Waals surface area (Å²) in [6.07, 6.45) is 0.747. The maximum absolute atomic E-state index is 11.9. The molecule has 1 atom stereocenters. The molecule has 0 aliphatic heterocycles. The van der Waals surface area contributed by atoms with Gasteiger partial charge in [-0.2, -0.15) is 0 Å². The van der Waals surface area contributed by atoms with Crippen LogP contribution < -0.4 is 5.32 Å². The molecule has 0 unspecified atom stereocenters. The minimum Gasteiger partial charge on any atom is -0.355 e. The Morgan fingerprint density at radius 2 is 1.89 bits per heavy atom. The molecule has 5 heteroatoms. The quantitative estimate of drug-likeness (QED) is 0.853. The Balaban J connectivity index is 2.52. The van der Waals surface area contributed by atoms with E-state index in [4.69, 9.17) is 0 Å². The molecule has 0 spiro atoms. The molecule has 0 aliphatic carbocycles. The fourth-order valence-electron chi connectivity index (χ4n) is 1.41. The number of benzene rings is 1. The predicted molar refractivity (Wildman–Crippen MR) is 71.0 cm³/mol. The Kier molecular flexibility index (Phi) is 5.34. The largest absolute Gasteiger partial charge is 0.355 e. The first-order valence-corrected chi connectivity index (χ1v) is 7.68. The van der Waals surface area contributed by atoms with Crippen LogP contribution in [0.2, 0.25) is 0 Å². The van der Waals surface area contributed by atoms with E-state index in [9.17, 15) is 13.2 Å². The first kappa shape index (κ1) is 14.7. The number of hydrogen-bond acceptors (Lipinski definition) is 3. The summed E-state index contributed by atoms with van der Waals surface area (Å²) in [5, 5.41) is 2.64. The molecule has 100 valence electrons. The third-order valence-corrected chi connectivity index (χ3v) is 4.56. The molecular formula is C13H19NO3S. The van der Waals surface area contributed by atoms with Gasteiger partial charge in [0.2, 0.25) is 5.91 Å². The number of carbonyl (C=O) groups excluding carboxylic acids is 1. The lowest BCUT2D eigenvalue weighted by Gasteiger charge is -2.10. The van der Waals surface area contributed by atoms with Gasteiger partial charge in [-0.25, -0.2) is 8.42 Å². The first-order chi connectivity index (χ1) is 8.47. The van der Waals surface area contributed by atoms with Crippen molar-refractivity contribution in [3.8, 4) is 0 Å². The van der Waals surface area contributed by atoms with Crippen molar-refractivity contribution in [1.82, 2.24) is 5.32 Å². The van der Waals surface area contributed by atoms with Crippen LogP contribution in [0.3, 0.4) is 0 Å². The smallest absolute Gasteiger partial charge is 0.222 e. The van der Waals surface area contributed by atoms with E-state index in [1.54, 1.807) is 30.3 Å². The molecule has 0 saturated carbocycles. The van der Waals surface area contributed by atoms with Crippen LogP contribution >= 0.6 is 0 Å². The summed E-state index contributed by atoms with van der Waals surface area (Å²) in [5.74, 6) is -0.246. The molecule has 18 heavy (non-hydrogen) atoms. The summed E-state index contributed by atoms with van der Waals surface area (Å²) in [6.45, 7) is 3.90. The molecule has 1 rings (SSSR count). The Labute approximate surface area is 108 Å². The molecule has 4 nitrogen and oxygen atoms in total. The third-order valence-electron chi connectivity index (χ3n) is 2.83. The van der Waals surface area contributed by atoms with Crippen molar-refractivity contribution in [2.45, 2.75) is 25.2 Å².